The zero-order chi connectivity index (χ0) is 11.5. The SMILES string of the molecule is Cc1ccc(C)c(C(F)(F)CCC#N)c1. The summed E-state index contributed by atoms with van der Waals surface area (Å²) in [5.41, 5.74) is 1.42. The second-order valence-electron chi connectivity index (χ2n) is 3.68. The molecule has 0 radical (unpaired) electrons. The van der Waals surface area contributed by atoms with Crippen molar-refractivity contribution >= 4 is 0 Å². The average molecular weight is 209 g/mol. The number of halogens is 2. The van der Waals surface area contributed by atoms with Crippen LogP contribution in [-0.4, -0.2) is 0 Å². The summed E-state index contributed by atoms with van der Waals surface area (Å²) < 4.78 is 27.3. The Balaban J connectivity index is 3.03. The van der Waals surface area contributed by atoms with Crippen LogP contribution in [0, 0.1) is 25.2 Å². The number of hydrogen-bond donors (Lipinski definition) is 0. The van der Waals surface area contributed by atoms with Gasteiger partial charge < -0.3 is 0 Å². The van der Waals surface area contributed by atoms with E-state index in [1.165, 1.54) is 6.07 Å². The quantitative estimate of drug-likeness (QED) is 0.744. The highest BCUT2D eigenvalue weighted by Crippen LogP contribution is 2.35. The van der Waals surface area contributed by atoms with Gasteiger partial charge in [-0.3, -0.25) is 0 Å². The summed E-state index contributed by atoms with van der Waals surface area (Å²) in [4.78, 5) is 0. The summed E-state index contributed by atoms with van der Waals surface area (Å²) in [5.74, 6) is -2.90. The van der Waals surface area contributed by atoms with Gasteiger partial charge in [-0.1, -0.05) is 17.7 Å². The number of benzene rings is 1. The van der Waals surface area contributed by atoms with Crippen LogP contribution in [0.2, 0.25) is 0 Å². The zero-order valence-electron chi connectivity index (χ0n) is 8.85. The molecule has 1 nitrogen and oxygen atoms in total. The molecule has 1 rings (SSSR count). The summed E-state index contributed by atoms with van der Waals surface area (Å²) >= 11 is 0. The maximum Gasteiger partial charge on any atom is 0.274 e. The smallest absolute Gasteiger partial charge is 0.201 e. The standard InChI is InChI=1S/C12H13F2N/c1-9-4-5-10(2)11(8-9)12(13,14)6-3-7-15/h4-5,8H,3,6H2,1-2H3. The van der Waals surface area contributed by atoms with Crippen molar-refractivity contribution in [1.82, 2.24) is 0 Å². The molecule has 0 N–H and O–H groups in total. The van der Waals surface area contributed by atoms with Gasteiger partial charge in [0.25, 0.3) is 5.92 Å². The van der Waals surface area contributed by atoms with Gasteiger partial charge in [0.05, 0.1) is 6.07 Å². The minimum atomic E-state index is -2.90. The first-order valence-electron chi connectivity index (χ1n) is 4.80. The molecule has 0 aliphatic carbocycles. The number of rotatable bonds is 3. The molecular weight excluding hydrogens is 196 g/mol. The highest BCUT2D eigenvalue weighted by atomic mass is 19.3. The van der Waals surface area contributed by atoms with Crippen molar-refractivity contribution in [2.45, 2.75) is 32.6 Å². The van der Waals surface area contributed by atoms with Crippen molar-refractivity contribution in [1.29, 1.82) is 5.26 Å². The average Bonchev–Trinajstić information content (AvgIpc) is 2.18. The van der Waals surface area contributed by atoms with Crippen molar-refractivity contribution in [2.75, 3.05) is 0 Å². The first-order valence-corrected chi connectivity index (χ1v) is 4.80. The van der Waals surface area contributed by atoms with E-state index in [9.17, 15) is 8.78 Å². The van der Waals surface area contributed by atoms with Gasteiger partial charge in [0.2, 0.25) is 0 Å². The van der Waals surface area contributed by atoms with E-state index in [-0.39, 0.29) is 12.0 Å². The molecule has 0 spiro atoms. The van der Waals surface area contributed by atoms with Gasteiger partial charge in [-0.05, 0) is 25.5 Å². The van der Waals surface area contributed by atoms with E-state index in [1.807, 2.05) is 0 Å². The van der Waals surface area contributed by atoms with E-state index in [0.717, 1.165) is 5.56 Å². The molecule has 0 atom stereocenters. The lowest BCUT2D eigenvalue weighted by atomic mass is 9.97. The van der Waals surface area contributed by atoms with Crippen molar-refractivity contribution in [3.8, 4) is 6.07 Å². The van der Waals surface area contributed by atoms with Gasteiger partial charge in [0.15, 0.2) is 0 Å². The molecule has 0 aromatic heterocycles. The molecule has 0 heterocycles. The minimum absolute atomic E-state index is 0.0396. The van der Waals surface area contributed by atoms with Crippen molar-refractivity contribution in [3.05, 3.63) is 34.9 Å². The lowest BCUT2D eigenvalue weighted by molar-refractivity contribution is -0.0126. The van der Waals surface area contributed by atoms with Gasteiger partial charge in [-0.25, -0.2) is 8.78 Å². The monoisotopic (exact) mass is 209 g/mol. The number of aryl methyl sites for hydroxylation is 2. The topological polar surface area (TPSA) is 23.8 Å². The van der Waals surface area contributed by atoms with E-state index in [0.29, 0.717) is 5.56 Å². The Hall–Kier alpha value is -1.43. The van der Waals surface area contributed by atoms with E-state index >= 15 is 0 Å². The summed E-state index contributed by atoms with van der Waals surface area (Å²) in [6.07, 6.45) is -0.534. The van der Waals surface area contributed by atoms with Gasteiger partial charge in [0, 0.05) is 18.4 Å². The zero-order valence-corrected chi connectivity index (χ0v) is 8.85. The Bertz CT molecular complexity index is 391. The van der Waals surface area contributed by atoms with Crippen LogP contribution in [-0.2, 0) is 5.92 Å². The van der Waals surface area contributed by atoms with Gasteiger partial charge >= 0.3 is 0 Å². The molecule has 1 aromatic carbocycles. The van der Waals surface area contributed by atoms with E-state index in [2.05, 4.69) is 0 Å². The third kappa shape index (κ3) is 2.76. The molecule has 0 fully saturated rings. The maximum absolute atomic E-state index is 13.6. The van der Waals surface area contributed by atoms with Gasteiger partial charge in [-0.15, -0.1) is 0 Å². The van der Waals surface area contributed by atoms with Gasteiger partial charge in [-0.2, -0.15) is 5.26 Å². The van der Waals surface area contributed by atoms with E-state index in [1.54, 1.807) is 32.0 Å². The molecule has 15 heavy (non-hydrogen) atoms. The molecule has 0 saturated carbocycles. The van der Waals surface area contributed by atoms with Crippen LogP contribution in [0.15, 0.2) is 18.2 Å². The molecule has 0 bridgehead atoms. The van der Waals surface area contributed by atoms with Crippen molar-refractivity contribution in [2.24, 2.45) is 0 Å². The molecule has 0 aliphatic rings. The minimum Gasteiger partial charge on any atom is -0.201 e. The lowest BCUT2D eigenvalue weighted by Crippen LogP contribution is -2.14. The highest BCUT2D eigenvalue weighted by Gasteiger charge is 2.32. The molecular formula is C12H13F2N. The van der Waals surface area contributed by atoms with Crippen LogP contribution >= 0.6 is 0 Å². The molecule has 0 aliphatic heterocycles. The summed E-state index contributed by atoms with van der Waals surface area (Å²) in [7, 11) is 0. The Morgan fingerprint density at radius 2 is 2.00 bits per heavy atom. The number of hydrogen-bond acceptors (Lipinski definition) is 1. The van der Waals surface area contributed by atoms with E-state index in [4.69, 9.17) is 5.26 Å². The summed E-state index contributed by atoms with van der Waals surface area (Å²) in [6, 6.07) is 6.73. The predicted molar refractivity (Wildman–Crippen MR) is 54.7 cm³/mol. The van der Waals surface area contributed by atoms with Crippen LogP contribution in [0.25, 0.3) is 0 Å². The fraction of sp³-hybridized carbons (Fsp3) is 0.417. The summed E-state index contributed by atoms with van der Waals surface area (Å²) in [5, 5.41) is 8.32. The molecule has 1 aromatic rings. The number of nitriles is 1. The Kier molecular flexibility index (Phi) is 3.41. The second kappa shape index (κ2) is 4.39. The number of alkyl halides is 2. The van der Waals surface area contributed by atoms with Crippen molar-refractivity contribution in [3.63, 3.8) is 0 Å². The summed E-state index contributed by atoms with van der Waals surface area (Å²) in [6.45, 7) is 3.44. The van der Waals surface area contributed by atoms with Crippen LogP contribution in [0.4, 0.5) is 8.78 Å². The highest BCUT2D eigenvalue weighted by molar-refractivity contribution is 5.33. The third-order valence-electron chi connectivity index (χ3n) is 2.34. The molecule has 0 amide bonds. The Morgan fingerprint density at radius 3 is 2.60 bits per heavy atom. The normalized spacial score (nSPS) is 11.1. The first kappa shape index (κ1) is 11.6. The molecule has 3 heteroatoms. The molecule has 0 unspecified atom stereocenters. The number of nitrogens with zero attached hydrogens (tertiary/aromatic N) is 1. The lowest BCUT2D eigenvalue weighted by Gasteiger charge is -2.18. The maximum atomic E-state index is 13.6. The largest absolute Gasteiger partial charge is 0.274 e. The van der Waals surface area contributed by atoms with Crippen LogP contribution in [0.3, 0.4) is 0 Å². The molecule has 0 saturated heterocycles. The Labute approximate surface area is 88.3 Å². The fourth-order valence-electron chi connectivity index (χ4n) is 1.48. The van der Waals surface area contributed by atoms with E-state index < -0.39 is 12.3 Å². The predicted octanol–water partition coefficient (Wildman–Crippen LogP) is 3.70. The van der Waals surface area contributed by atoms with Crippen LogP contribution in [0.5, 0.6) is 0 Å². The third-order valence-corrected chi connectivity index (χ3v) is 2.34. The van der Waals surface area contributed by atoms with Gasteiger partial charge in [0.1, 0.15) is 0 Å². The van der Waals surface area contributed by atoms with Crippen LogP contribution in [0.1, 0.15) is 29.5 Å². The fourth-order valence-corrected chi connectivity index (χ4v) is 1.48. The van der Waals surface area contributed by atoms with Crippen molar-refractivity contribution < 1.29 is 8.78 Å². The Morgan fingerprint density at radius 1 is 1.33 bits per heavy atom. The second-order valence-corrected chi connectivity index (χ2v) is 3.68. The molecule has 80 valence electrons. The first-order chi connectivity index (χ1) is 6.97. The van der Waals surface area contributed by atoms with Crippen LogP contribution < -0.4 is 0 Å².